The lowest BCUT2D eigenvalue weighted by Gasteiger charge is -2.35. The van der Waals surface area contributed by atoms with Crippen molar-refractivity contribution in [3.8, 4) is 22.3 Å². The van der Waals surface area contributed by atoms with Crippen LogP contribution in [0.5, 0.6) is 5.75 Å². The molecule has 16 nitrogen and oxygen atoms in total. The third-order valence-electron chi connectivity index (χ3n) is 12.0. The fourth-order valence-electron chi connectivity index (χ4n) is 8.21. The van der Waals surface area contributed by atoms with E-state index in [4.69, 9.17) is 26.4 Å². The van der Waals surface area contributed by atoms with Gasteiger partial charge in [-0.1, -0.05) is 26.8 Å². The zero-order valence-electron chi connectivity index (χ0n) is 40.5. The van der Waals surface area contributed by atoms with Gasteiger partial charge in [0.15, 0.2) is 5.11 Å². The molecule has 71 heavy (non-hydrogen) atoms. The number of nitriles is 1. The van der Waals surface area contributed by atoms with Crippen LogP contribution in [0.4, 0.5) is 24.5 Å². The maximum Gasteiger partial charge on any atom is 0.417 e. The van der Waals surface area contributed by atoms with Crippen molar-refractivity contribution in [3.63, 3.8) is 0 Å². The Bertz CT molecular complexity index is 2580. The number of benzene rings is 2. The Kier molecular flexibility index (Phi) is 17.9. The molecule has 0 spiro atoms. The summed E-state index contributed by atoms with van der Waals surface area (Å²) in [4.78, 5) is 67.6. The zero-order valence-corrected chi connectivity index (χ0v) is 42.1. The second kappa shape index (κ2) is 23.5. The Morgan fingerprint density at radius 2 is 1.66 bits per heavy atom. The number of rotatable bonds is 21. The summed E-state index contributed by atoms with van der Waals surface area (Å²) >= 11 is 7.14. The number of β-amino-alcohol motifs (C(OH)–C–C–N with tert-alkyl or cyclic N) is 1. The number of likely N-dealkylation sites (tertiary alicyclic amines) is 1. The molecule has 2 aliphatic heterocycles. The Morgan fingerprint density at radius 1 is 0.972 bits per heavy atom. The Morgan fingerprint density at radius 3 is 2.31 bits per heavy atom. The molecular formula is C50H59F3N8O8S2. The van der Waals surface area contributed by atoms with Gasteiger partial charge in [-0.3, -0.25) is 29.1 Å². The predicted molar refractivity (Wildman–Crippen MR) is 264 cm³/mol. The number of ether oxygens (including phenoxy) is 3. The summed E-state index contributed by atoms with van der Waals surface area (Å²) in [6.07, 6.45) is -0.981. The number of aryl methyl sites for hydroxylation is 1. The second-order valence-electron chi connectivity index (χ2n) is 18.9. The number of nitrogens with one attached hydrogen (secondary N) is 2. The molecule has 6 rings (SSSR count). The molecule has 2 aromatic carbocycles. The van der Waals surface area contributed by atoms with Crippen molar-refractivity contribution < 1.29 is 51.7 Å². The van der Waals surface area contributed by atoms with E-state index in [0.29, 0.717) is 43.4 Å². The molecule has 2 saturated heterocycles. The summed E-state index contributed by atoms with van der Waals surface area (Å²) in [6.45, 7) is 12.1. The predicted octanol–water partition coefficient (Wildman–Crippen LogP) is 7.10. The number of nitrogens with zero attached hydrogens (tertiary/aromatic N) is 6. The Hall–Kier alpha value is -6.05. The molecule has 4 aromatic rings. The van der Waals surface area contributed by atoms with Gasteiger partial charge >= 0.3 is 6.18 Å². The van der Waals surface area contributed by atoms with E-state index in [1.807, 2.05) is 39.8 Å². The normalized spacial score (nSPS) is 17.3. The highest BCUT2D eigenvalue weighted by Crippen LogP contribution is 2.40. The van der Waals surface area contributed by atoms with Crippen molar-refractivity contribution in [1.29, 1.82) is 5.26 Å². The number of aliphatic hydroxyl groups excluding tert-OH is 1. The van der Waals surface area contributed by atoms with Gasteiger partial charge in [-0.05, 0) is 113 Å². The van der Waals surface area contributed by atoms with Gasteiger partial charge < -0.3 is 39.8 Å². The zero-order chi connectivity index (χ0) is 51.7. The Balaban J connectivity index is 0.851. The fourth-order valence-corrected chi connectivity index (χ4v) is 9.53. The number of hydrogen-bond acceptors (Lipinski definition) is 13. The first-order valence-corrected chi connectivity index (χ1v) is 24.5. The largest absolute Gasteiger partial charge is 0.494 e. The van der Waals surface area contributed by atoms with Gasteiger partial charge in [-0.2, -0.15) is 18.4 Å². The van der Waals surface area contributed by atoms with Gasteiger partial charge in [-0.25, -0.2) is 4.98 Å². The monoisotopic (exact) mass is 1020 g/mol. The molecule has 4 heterocycles. The Labute approximate surface area is 420 Å². The minimum Gasteiger partial charge on any atom is -0.494 e. The maximum absolute atomic E-state index is 13.9. The lowest BCUT2D eigenvalue weighted by Crippen LogP contribution is -2.58. The summed E-state index contributed by atoms with van der Waals surface area (Å²) in [5.74, 6) is -1.32. The van der Waals surface area contributed by atoms with E-state index in [1.54, 1.807) is 60.8 Å². The first-order chi connectivity index (χ1) is 33.6. The van der Waals surface area contributed by atoms with Crippen molar-refractivity contribution >= 4 is 63.7 Å². The van der Waals surface area contributed by atoms with E-state index in [1.165, 1.54) is 22.3 Å². The van der Waals surface area contributed by atoms with Gasteiger partial charge in [0, 0.05) is 50.2 Å². The lowest BCUT2D eigenvalue weighted by atomic mass is 9.85. The van der Waals surface area contributed by atoms with Crippen molar-refractivity contribution in [3.05, 3.63) is 88.8 Å². The molecule has 0 bridgehead atoms. The van der Waals surface area contributed by atoms with Crippen molar-refractivity contribution in [2.45, 2.75) is 110 Å². The maximum atomic E-state index is 13.9. The molecule has 4 amide bonds. The first kappa shape index (κ1) is 54.3. The number of halogens is 3. The smallest absolute Gasteiger partial charge is 0.417 e. The molecule has 380 valence electrons. The minimum atomic E-state index is -4.80. The second-order valence-corrected chi connectivity index (χ2v) is 20.1. The van der Waals surface area contributed by atoms with Gasteiger partial charge in [0.05, 0.1) is 63.9 Å². The highest BCUT2D eigenvalue weighted by molar-refractivity contribution is 7.81. The molecule has 2 aromatic heterocycles. The van der Waals surface area contributed by atoms with Crippen LogP contribution >= 0.6 is 23.6 Å². The molecule has 3 N–H and O–H groups in total. The van der Waals surface area contributed by atoms with Crippen molar-refractivity contribution in [2.75, 3.05) is 49.4 Å². The van der Waals surface area contributed by atoms with Crippen molar-refractivity contribution in [1.82, 2.24) is 25.5 Å². The third-order valence-corrected chi connectivity index (χ3v) is 13.4. The number of alkyl halides is 3. The van der Waals surface area contributed by atoms with Crippen LogP contribution in [0.3, 0.4) is 0 Å². The number of pyridine rings is 1. The minimum absolute atomic E-state index is 0.000564. The summed E-state index contributed by atoms with van der Waals surface area (Å²) in [7, 11) is 0. The van der Waals surface area contributed by atoms with E-state index >= 15 is 0 Å². The molecule has 2 aliphatic rings. The number of carbonyl (C=O) groups is 4. The average molecular weight is 1020 g/mol. The van der Waals surface area contributed by atoms with Crippen molar-refractivity contribution in [2.24, 2.45) is 5.41 Å². The summed E-state index contributed by atoms with van der Waals surface area (Å²) in [6, 6.07) is 13.3. The van der Waals surface area contributed by atoms with Crippen LogP contribution in [-0.2, 0) is 41.4 Å². The standard InChI is InChI=1S/C50H59F3N8O8S2/c1-31-42(71-30-57-31)33-11-13-34(55-26-33)27-56-44(64)40-24-37(62)28-59(40)45(65)43(48(2,3)4)58-41(63)29-68-21-10-20-67-19-8-7-9-22-69-38-17-15-35(16-18-38)61-47(70)60(46(66)49(61,5)6)36-14-12-32(25-54)39(23-36)50(51,52)53/h11-18,23,26,30,37,40,43,62H,7-10,19-22,24,27-29H2,1-6H3,(H,56,64)(H,58,63)/t37-,40+,43-/m1/s1. The molecule has 3 atom stereocenters. The number of anilines is 2. The number of aliphatic hydroxyl groups is 1. The molecule has 0 radical (unpaired) electrons. The number of unbranched alkanes of at least 4 members (excludes halogenated alkanes) is 2. The highest BCUT2D eigenvalue weighted by Gasteiger charge is 2.51. The first-order valence-electron chi connectivity index (χ1n) is 23.2. The van der Waals surface area contributed by atoms with E-state index in [-0.39, 0.29) is 43.5 Å². The van der Waals surface area contributed by atoms with Crippen LogP contribution in [-0.4, -0.2) is 112 Å². The number of carbonyl (C=O) groups excluding carboxylic acids is 4. The van der Waals surface area contributed by atoms with E-state index in [9.17, 15) is 42.7 Å². The van der Waals surface area contributed by atoms with Gasteiger partial charge in [0.25, 0.3) is 5.91 Å². The number of hydrogen-bond donors (Lipinski definition) is 3. The number of thiocarbonyl (C=S) groups is 1. The molecule has 2 fully saturated rings. The number of amides is 4. The van der Waals surface area contributed by atoms with Crippen LogP contribution in [0.15, 0.2) is 66.3 Å². The lowest BCUT2D eigenvalue weighted by molar-refractivity contribution is -0.144. The van der Waals surface area contributed by atoms with Crippen LogP contribution < -0.4 is 25.2 Å². The third kappa shape index (κ3) is 13.5. The summed E-state index contributed by atoms with van der Waals surface area (Å²) < 4.78 is 58.3. The summed E-state index contributed by atoms with van der Waals surface area (Å²) in [5, 5.41) is 25.4. The fraction of sp³-hybridized carbons (Fsp3) is 0.480. The van der Waals surface area contributed by atoms with E-state index in [0.717, 1.165) is 52.4 Å². The van der Waals surface area contributed by atoms with Gasteiger partial charge in [0.1, 0.15) is 30.0 Å². The average Bonchev–Trinajstić information content (AvgIpc) is 3.99. The quantitative estimate of drug-likeness (QED) is 0.0565. The van der Waals surface area contributed by atoms with Crippen LogP contribution in [0.2, 0.25) is 0 Å². The number of thiazole rings is 1. The van der Waals surface area contributed by atoms with Gasteiger partial charge in [0.2, 0.25) is 17.7 Å². The topological polar surface area (TPSA) is 200 Å². The van der Waals surface area contributed by atoms with Gasteiger partial charge in [-0.15, -0.1) is 11.3 Å². The summed E-state index contributed by atoms with van der Waals surface area (Å²) in [5.41, 5.74) is 1.06. The number of aromatic nitrogens is 2. The van der Waals surface area contributed by atoms with Crippen LogP contribution in [0.25, 0.3) is 10.4 Å². The SMILES string of the molecule is Cc1ncsc1-c1ccc(CNC(=O)[C@@H]2C[C@@H](O)CN2C(=O)[C@@H](NC(=O)COCCCOCCCCCOc2ccc(N3C(=S)N(c4ccc(C#N)c(C(F)(F)F)c4)C(=O)C3(C)C)cc2)C(C)(C)C)nc1. The molecule has 21 heteroatoms. The molecule has 0 aliphatic carbocycles. The molecular weight excluding hydrogens is 962 g/mol. The van der Waals surface area contributed by atoms with E-state index < -0.39 is 70.1 Å². The highest BCUT2D eigenvalue weighted by atomic mass is 32.1. The van der Waals surface area contributed by atoms with Crippen LogP contribution in [0, 0.1) is 23.7 Å². The molecule has 0 unspecified atom stereocenters. The van der Waals surface area contributed by atoms with E-state index in [2.05, 4.69) is 20.6 Å². The molecule has 0 saturated carbocycles. The van der Waals surface area contributed by atoms with Crippen LogP contribution in [0.1, 0.15) is 89.2 Å².